The molecule has 0 saturated heterocycles. The van der Waals surface area contributed by atoms with Gasteiger partial charge in [0.2, 0.25) is 11.7 Å². The van der Waals surface area contributed by atoms with Gasteiger partial charge in [0.15, 0.2) is 5.79 Å². The molecule has 3 aromatic carbocycles. The molecule has 1 aliphatic carbocycles. The second-order valence-electron chi connectivity index (χ2n) is 13.3. The van der Waals surface area contributed by atoms with Crippen LogP contribution in [0.3, 0.4) is 0 Å². The van der Waals surface area contributed by atoms with E-state index >= 15 is 0 Å². The van der Waals surface area contributed by atoms with Gasteiger partial charge >= 0.3 is 0 Å². The Balaban J connectivity index is 1.48. The smallest absolute Gasteiger partial charge is 0.255 e. The van der Waals surface area contributed by atoms with Gasteiger partial charge in [-0.3, -0.25) is 9.59 Å². The van der Waals surface area contributed by atoms with E-state index in [2.05, 4.69) is 0 Å². The maximum Gasteiger partial charge on any atom is 0.255 e. The first-order chi connectivity index (χ1) is 23.5. The number of carbonyl (C=O) groups excluding carboxylic acids is 2. The normalized spacial score (nSPS) is 21.7. The van der Waals surface area contributed by atoms with E-state index in [1.54, 1.807) is 16.8 Å². The van der Waals surface area contributed by atoms with Gasteiger partial charge < -0.3 is 39.1 Å². The first-order valence-electron chi connectivity index (χ1n) is 17.0. The van der Waals surface area contributed by atoms with Crippen LogP contribution in [0.2, 0.25) is 0 Å². The quantitative estimate of drug-likeness (QED) is 0.228. The molecular weight excluding hydrogens is 622 g/mol. The van der Waals surface area contributed by atoms with Crippen molar-refractivity contribution in [2.75, 3.05) is 40.8 Å². The summed E-state index contributed by atoms with van der Waals surface area (Å²) < 4.78 is 18.2. The third kappa shape index (κ3) is 8.95. The Morgan fingerprint density at radius 3 is 2.12 bits per heavy atom. The van der Waals surface area contributed by atoms with Crippen LogP contribution in [0.25, 0.3) is 0 Å². The van der Waals surface area contributed by atoms with Crippen LogP contribution >= 0.6 is 0 Å². The minimum atomic E-state index is -2.27. The van der Waals surface area contributed by atoms with Crippen LogP contribution in [0, 0.1) is 5.92 Å². The van der Waals surface area contributed by atoms with E-state index in [4.69, 9.17) is 14.2 Å². The summed E-state index contributed by atoms with van der Waals surface area (Å²) in [6, 6.07) is 24.3. The van der Waals surface area contributed by atoms with Crippen molar-refractivity contribution < 1.29 is 34.0 Å². The summed E-state index contributed by atoms with van der Waals surface area (Å²) in [5.74, 6) is -5.92. The Kier molecular flexibility index (Phi) is 11.9. The second kappa shape index (κ2) is 16.1. The van der Waals surface area contributed by atoms with E-state index in [9.17, 15) is 19.8 Å². The zero-order valence-corrected chi connectivity index (χ0v) is 29.0. The fraction of sp³-hybridized carbons (Fsp3) is 0.436. The average molecular weight is 672 g/mol. The zero-order chi connectivity index (χ0) is 35.0. The van der Waals surface area contributed by atoms with Crippen LogP contribution in [0.4, 0.5) is 0 Å². The van der Waals surface area contributed by atoms with E-state index in [1.165, 1.54) is 6.08 Å². The molecule has 3 unspecified atom stereocenters. The van der Waals surface area contributed by atoms with Crippen molar-refractivity contribution in [2.45, 2.75) is 64.1 Å². The number of rotatable bonds is 15. The standard InChI is InChI=1S/C39H49N3O7/c1-5-6-19-41(4)36(43)34-23-35(37(44)42-24-31-17-18-33(22-32(31)25-42)47-21-20-40(2)3)39(46,49-27-30-15-11-8-12-16-30)28-38(34,45)48-26-29-13-9-7-10-14-29/h7-18,22-23,34,45-46H,5-6,19-21,24-28H2,1-4H3. The molecule has 0 radical (unpaired) electrons. The Hall–Kier alpha value is -4.06. The van der Waals surface area contributed by atoms with E-state index in [-0.39, 0.29) is 25.3 Å². The van der Waals surface area contributed by atoms with Gasteiger partial charge in [-0.15, -0.1) is 0 Å². The lowest BCUT2D eigenvalue weighted by Crippen LogP contribution is -2.59. The van der Waals surface area contributed by atoms with Gasteiger partial charge in [0, 0.05) is 33.2 Å². The van der Waals surface area contributed by atoms with E-state index in [0.717, 1.165) is 47.4 Å². The first kappa shape index (κ1) is 36.2. The second-order valence-corrected chi connectivity index (χ2v) is 13.3. The minimum Gasteiger partial charge on any atom is -0.492 e. The van der Waals surface area contributed by atoms with Gasteiger partial charge in [-0.1, -0.05) is 86.2 Å². The molecule has 0 fully saturated rings. The molecule has 1 heterocycles. The number of carbonyl (C=O) groups is 2. The van der Waals surface area contributed by atoms with E-state index < -0.39 is 35.7 Å². The molecule has 2 aliphatic rings. The number of unbranched alkanes of at least 4 members (excludes halogenated alkanes) is 1. The molecule has 3 atom stereocenters. The summed E-state index contributed by atoms with van der Waals surface area (Å²) in [5, 5.41) is 24.5. The number of ether oxygens (including phenoxy) is 3. The number of fused-ring (bicyclic) bond motifs is 1. The highest BCUT2D eigenvalue weighted by molar-refractivity contribution is 5.97. The van der Waals surface area contributed by atoms with Crippen LogP contribution in [-0.2, 0) is 45.4 Å². The third-order valence-electron chi connectivity index (χ3n) is 9.10. The van der Waals surface area contributed by atoms with Crippen LogP contribution in [0.1, 0.15) is 48.4 Å². The summed E-state index contributed by atoms with van der Waals surface area (Å²) in [4.78, 5) is 33.7. The molecule has 0 saturated carbocycles. The number of amides is 2. The summed E-state index contributed by atoms with van der Waals surface area (Å²) >= 11 is 0. The summed E-state index contributed by atoms with van der Waals surface area (Å²) in [6.45, 7) is 4.33. The Morgan fingerprint density at radius 1 is 0.857 bits per heavy atom. The molecule has 2 N–H and O–H groups in total. The fourth-order valence-corrected chi connectivity index (χ4v) is 6.17. The molecule has 5 rings (SSSR count). The van der Waals surface area contributed by atoms with Gasteiger partial charge in [0.05, 0.1) is 25.2 Å². The Morgan fingerprint density at radius 2 is 1.49 bits per heavy atom. The van der Waals surface area contributed by atoms with Crippen LogP contribution in [0.5, 0.6) is 5.75 Å². The highest BCUT2D eigenvalue weighted by Gasteiger charge is 2.57. The van der Waals surface area contributed by atoms with Crippen LogP contribution in [-0.4, -0.2) is 89.1 Å². The molecule has 0 spiro atoms. The molecule has 2 amide bonds. The van der Waals surface area contributed by atoms with Gasteiger partial charge in [0.25, 0.3) is 5.91 Å². The van der Waals surface area contributed by atoms with Crippen molar-refractivity contribution in [2.24, 2.45) is 5.92 Å². The average Bonchev–Trinajstić information content (AvgIpc) is 3.53. The molecule has 10 heteroatoms. The van der Waals surface area contributed by atoms with Crippen molar-refractivity contribution in [3.05, 3.63) is 113 Å². The summed E-state index contributed by atoms with van der Waals surface area (Å²) in [7, 11) is 5.64. The highest BCUT2D eigenvalue weighted by Crippen LogP contribution is 2.44. The SMILES string of the molecule is CCCCN(C)C(=O)C1C=C(C(=O)N2Cc3ccc(OCCN(C)C)cc3C2)C(O)(OCc2ccccc2)CC1(O)OCc1ccccc1. The lowest BCUT2D eigenvalue weighted by atomic mass is 9.79. The van der Waals surface area contributed by atoms with Crippen molar-refractivity contribution in [1.82, 2.24) is 14.7 Å². The first-order valence-corrected chi connectivity index (χ1v) is 17.0. The highest BCUT2D eigenvalue weighted by atomic mass is 16.6. The molecule has 262 valence electrons. The van der Waals surface area contributed by atoms with E-state index in [0.29, 0.717) is 19.7 Å². The van der Waals surface area contributed by atoms with Gasteiger partial charge in [0.1, 0.15) is 18.3 Å². The van der Waals surface area contributed by atoms with Crippen LogP contribution < -0.4 is 4.74 Å². The van der Waals surface area contributed by atoms with E-state index in [1.807, 2.05) is 105 Å². The third-order valence-corrected chi connectivity index (χ3v) is 9.10. The van der Waals surface area contributed by atoms with Crippen molar-refractivity contribution in [1.29, 1.82) is 0 Å². The predicted octanol–water partition coefficient (Wildman–Crippen LogP) is 4.48. The maximum absolute atomic E-state index is 14.5. The van der Waals surface area contributed by atoms with Gasteiger partial charge in [-0.2, -0.15) is 0 Å². The maximum atomic E-state index is 14.5. The number of likely N-dealkylation sites (N-methyl/N-ethyl adjacent to an activating group) is 1. The molecule has 49 heavy (non-hydrogen) atoms. The Bertz CT molecular complexity index is 1600. The van der Waals surface area contributed by atoms with Crippen molar-refractivity contribution >= 4 is 11.8 Å². The molecule has 0 bridgehead atoms. The lowest BCUT2D eigenvalue weighted by molar-refractivity contribution is -0.301. The number of benzene rings is 3. The largest absolute Gasteiger partial charge is 0.492 e. The summed E-state index contributed by atoms with van der Waals surface area (Å²) in [5.41, 5.74) is 3.35. The fourth-order valence-electron chi connectivity index (χ4n) is 6.17. The molecule has 1 aliphatic heterocycles. The predicted molar refractivity (Wildman–Crippen MR) is 186 cm³/mol. The van der Waals surface area contributed by atoms with Crippen LogP contribution in [0.15, 0.2) is 90.5 Å². The molecular formula is C39H49N3O7. The van der Waals surface area contributed by atoms with Crippen molar-refractivity contribution in [3.8, 4) is 5.75 Å². The molecule has 3 aromatic rings. The lowest BCUT2D eigenvalue weighted by Gasteiger charge is -2.45. The number of hydrogen-bond donors (Lipinski definition) is 2. The number of nitrogens with zero attached hydrogens (tertiary/aromatic N) is 3. The molecule has 10 nitrogen and oxygen atoms in total. The van der Waals surface area contributed by atoms with Gasteiger partial charge in [-0.25, -0.2) is 0 Å². The summed E-state index contributed by atoms with van der Waals surface area (Å²) in [6.07, 6.45) is 2.46. The van der Waals surface area contributed by atoms with Crippen molar-refractivity contribution in [3.63, 3.8) is 0 Å². The Labute approximate surface area is 289 Å². The molecule has 0 aromatic heterocycles. The zero-order valence-electron chi connectivity index (χ0n) is 29.0. The minimum absolute atomic E-state index is 0.0218. The van der Waals surface area contributed by atoms with Gasteiger partial charge in [-0.05, 0) is 54.9 Å². The number of hydrogen-bond acceptors (Lipinski definition) is 8. The monoisotopic (exact) mass is 671 g/mol. The number of aliphatic hydroxyl groups is 2. The topological polar surface area (TPSA) is 112 Å².